The minimum absolute atomic E-state index is 0.0727. The number of nitrogens with one attached hydrogen (secondary N) is 1. The van der Waals surface area contributed by atoms with Crippen LogP contribution < -0.4 is 9.46 Å². The Morgan fingerprint density at radius 3 is 2.40 bits per heavy atom. The molecule has 1 rings (SSSR count). The summed E-state index contributed by atoms with van der Waals surface area (Å²) in [6, 6.07) is 6.34. The van der Waals surface area contributed by atoms with Crippen LogP contribution in [-0.4, -0.2) is 33.3 Å². The first kappa shape index (κ1) is 16.9. The van der Waals surface area contributed by atoms with E-state index in [2.05, 4.69) is 4.72 Å². The van der Waals surface area contributed by atoms with Crippen molar-refractivity contribution in [1.29, 1.82) is 0 Å². The Morgan fingerprint density at radius 1 is 1.25 bits per heavy atom. The summed E-state index contributed by atoms with van der Waals surface area (Å²) in [5.41, 5.74) is 0. The van der Waals surface area contributed by atoms with Crippen LogP contribution in [0.25, 0.3) is 0 Å². The lowest BCUT2D eigenvalue weighted by Crippen LogP contribution is -2.29. The van der Waals surface area contributed by atoms with Gasteiger partial charge in [-0.15, -0.1) is 0 Å². The summed E-state index contributed by atoms with van der Waals surface area (Å²) in [6.07, 6.45) is 1.43. The first-order valence-corrected chi connectivity index (χ1v) is 8.35. The molecule has 0 radical (unpaired) electrons. The molecule has 0 fully saturated rings. The molecule has 6 heteroatoms. The molecule has 1 aromatic carbocycles. The summed E-state index contributed by atoms with van der Waals surface area (Å²) in [5, 5.41) is 8.90. The van der Waals surface area contributed by atoms with Crippen molar-refractivity contribution in [2.75, 3.05) is 19.8 Å². The minimum atomic E-state index is -3.50. The van der Waals surface area contributed by atoms with E-state index in [1.54, 1.807) is 12.1 Å². The number of benzene rings is 1. The second kappa shape index (κ2) is 8.24. The van der Waals surface area contributed by atoms with Gasteiger partial charge in [-0.3, -0.25) is 0 Å². The van der Waals surface area contributed by atoms with Gasteiger partial charge in [-0.25, -0.2) is 13.1 Å². The molecule has 1 aromatic rings. The van der Waals surface area contributed by atoms with E-state index in [0.717, 1.165) is 6.42 Å². The lowest BCUT2D eigenvalue weighted by Gasteiger charge is -2.14. The fourth-order valence-electron chi connectivity index (χ4n) is 1.83. The summed E-state index contributed by atoms with van der Waals surface area (Å²) < 4.78 is 32.1. The van der Waals surface area contributed by atoms with Crippen LogP contribution in [0.3, 0.4) is 0 Å². The van der Waals surface area contributed by atoms with E-state index in [4.69, 9.17) is 9.84 Å². The minimum Gasteiger partial charge on any atom is -0.494 e. The SMILES string of the molecule is CCOc1ccc(S(=O)(=O)NCC(CC)CCO)cc1. The van der Waals surface area contributed by atoms with Gasteiger partial charge in [-0.1, -0.05) is 13.3 Å². The molecule has 0 amide bonds. The molecule has 0 aliphatic carbocycles. The molecule has 20 heavy (non-hydrogen) atoms. The van der Waals surface area contributed by atoms with Gasteiger partial charge in [0.1, 0.15) is 5.75 Å². The molecular weight excluding hydrogens is 278 g/mol. The van der Waals surface area contributed by atoms with Crippen molar-refractivity contribution in [2.45, 2.75) is 31.6 Å². The Labute approximate surface area is 121 Å². The maximum Gasteiger partial charge on any atom is 0.240 e. The molecular formula is C14H23NO4S. The van der Waals surface area contributed by atoms with Gasteiger partial charge in [0.15, 0.2) is 0 Å². The summed E-state index contributed by atoms with van der Waals surface area (Å²) in [5.74, 6) is 0.802. The van der Waals surface area contributed by atoms with E-state index in [1.807, 2.05) is 13.8 Å². The summed E-state index contributed by atoms with van der Waals surface area (Å²) in [6.45, 7) is 4.81. The molecule has 0 saturated carbocycles. The zero-order valence-electron chi connectivity index (χ0n) is 12.0. The van der Waals surface area contributed by atoms with Crippen molar-refractivity contribution in [3.8, 4) is 5.75 Å². The van der Waals surface area contributed by atoms with E-state index in [1.165, 1.54) is 12.1 Å². The van der Waals surface area contributed by atoms with E-state index >= 15 is 0 Å². The van der Waals surface area contributed by atoms with E-state index in [9.17, 15) is 8.42 Å². The molecule has 0 heterocycles. The van der Waals surface area contributed by atoms with E-state index < -0.39 is 10.0 Å². The fraction of sp³-hybridized carbons (Fsp3) is 0.571. The zero-order valence-corrected chi connectivity index (χ0v) is 12.8. The van der Waals surface area contributed by atoms with Crippen molar-refractivity contribution < 1.29 is 18.3 Å². The molecule has 0 aromatic heterocycles. The third-order valence-corrected chi connectivity index (χ3v) is 4.56. The first-order chi connectivity index (χ1) is 9.53. The Kier molecular flexibility index (Phi) is 6.98. The number of aliphatic hydroxyl groups is 1. The molecule has 0 saturated heterocycles. The lowest BCUT2D eigenvalue weighted by atomic mass is 10.0. The van der Waals surface area contributed by atoms with Gasteiger partial charge in [-0.2, -0.15) is 0 Å². The molecule has 0 bridgehead atoms. The number of ether oxygens (including phenoxy) is 1. The highest BCUT2D eigenvalue weighted by atomic mass is 32.2. The van der Waals surface area contributed by atoms with Gasteiger partial charge in [0, 0.05) is 13.2 Å². The molecule has 5 nitrogen and oxygen atoms in total. The van der Waals surface area contributed by atoms with Gasteiger partial charge < -0.3 is 9.84 Å². The summed E-state index contributed by atoms with van der Waals surface area (Å²) in [7, 11) is -3.50. The average Bonchev–Trinajstić information content (AvgIpc) is 2.44. The molecule has 1 unspecified atom stereocenters. The topological polar surface area (TPSA) is 75.6 Å². The molecule has 1 atom stereocenters. The standard InChI is InChI=1S/C14H23NO4S/c1-3-12(9-10-16)11-15-20(17,18)14-7-5-13(6-8-14)19-4-2/h5-8,12,15-16H,3-4,9-11H2,1-2H3. The Bertz CT molecular complexity index is 484. The summed E-state index contributed by atoms with van der Waals surface area (Å²) >= 11 is 0. The Balaban J connectivity index is 2.68. The van der Waals surface area contributed by atoms with E-state index in [-0.39, 0.29) is 17.4 Å². The largest absolute Gasteiger partial charge is 0.494 e. The van der Waals surface area contributed by atoms with Gasteiger partial charge >= 0.3 is 0 Å². The highest BCUT2D eigenvalue weighted by molar-refractivity contribution is 7.89. The van der Waals surface area contributed by atoms with Crippen molar-refractivity contribution >= 4 is 10.0 Å². The average molecular weight is 301 g/mol. The van der Waals surface area contributed by atoms with Crippen LogP contribution in [0.4, 0.5) is 0 Å². The van der Waals surface area contributed by atoms with Crippen LogP contribution in [0, 0.1) is 5.92 Å². The highest BCUT2D eigenvalue weighted by Gasteiger charge is 2.16. The van der Waals surface area contributed by atoms with Crippen LogP contribution in [-0.2, 0) is 10.0 Å². The molecule has 114 valence electrons. The molecule has 2 N–H and O–H groups in total. The predicted molar refractivity (Wildman–Crippen MR) is 78.3 cm³/mol. The van der Waals surface area contributed by atoms with Gasteiger partial charge in [-0.05, 0) is 43.5 Å². The van der Waals surface area contributed by atoms with Crippen LogP contribution in [0.1, 0.15) is 26.7 Å². The number of sulfonamides is 1. The number of aliphatic hydroxyl groups excluding tert-OH is 1. The Morgan fingerprint density at radius 2 is 1.90 bits per heavy atom. The zero-order chi connectivity index (χ0) is 15.0. The number of rotatable bonds is 9. The third kappa shape index (κ3) is 5.11. The van der Waals surface area contributed by atoms with Crippen molar-refractivity contribution in [3.05, 3.63) is 24.3 Å². The van der Waals surface area contributed by atoms with E-state index in [0.29, 0.717) is 25.3 Å². The smallest absolute Gasteiger partial charge is 0.240 e. The van der Waals surface area contributed by atoms with Crippen LogP contribution in [0.5, 0.6) is 5.75 Å². The quantitative estimate of drug-likeness (QED) is 0.729. The van der Waals surface area contributed by atoms with Crippen LogP contribution in [0.2, 0.25) is 0 Å². The first-order valence-electron chi connectivity index (χ1n) is 6.86. The maximum atomic E-state index is 12.1. The second-order valence-electron chi connectivity index (χ2n) is 4.54. The second-order valence-corrected chi connectivity index (χ2v) is 6.31. The fourth-order valence-corrected chi connectivity index (χ4v) is 2.94. The van der Waals surface area contributed by atoms with Crippen molar-refractivity contribution in [2.24, 2.45) is 5.92 Å². The van der Waals surface area contributed by atoms with Gasteiger partial charge in [0.2, 0.25) is 10.0 Å². The highest BCUT2D eigenvalue weighted by Crippen LogP contribution is 2.16. The lowest BCUT2D eigenvalue weighted by molar-refractivity contribution is 0.254. The molecule has 0 aliphatic rings. The normalized spacial score (nSPS) is 13.2. The number of hydrogen-bond acceptors (Lipinski definition) is 4. The van der Waals surface area contributed by atoms with Crippen molar-refractivity contribution in [1.82, 2.24) is 4.72 Å². The number of hydrogen-bond donors (Lipinski definition) is 2. The van der Waals surface area contributed by atoms with Crippen LogP contribution >= 0.6 is 0 Å². The third-order valence-electron chi connectivity index (χ3n) is 3.12. The Hall–Kier alpha value is -1.11. The molecule has 0 aliphatic heterocycles. The maximum absolute atomic E-state index is 12.1. The summed E-state index contributed by atoms with van der Waals surface area (Å²) in [4.78, 5) is 0.222. The predicted octanol–water partition coefficient (Wildman–Crippen LogP) is 1.77. The monoisotopic (exact) mass is 301 g/mol. The van der Waals surface area contributed by atoms with Gasteiger partial charge in [0.05, 0.1) is 11.5 Å². The van der Waals surface area contributed by atoms with Gasteiger partial charge in [0.25, 0.3) is 0 Å². The van der Waals surface area contributed by atoms with Crippen LogP contribution in [0.15, 0.2) is 29.2 Å². The molecule has 0 spiro atoms. The van der Waals surface area contributed by atoms with Crippen molar-refractivity contribution in [3.63, 3.8) is 0 Å².